The fraction of sp³-hybridized carbons (Fsp3) is 0.600. The minimum Gasteiger partial charge on any atom is -0.391 e. The van der Waals surface area contributed by atoms with Gasteiger partial charge in [-0.3, -0.25) is 0 Å². The van der Waals surface area contributed by atoms with Crippen LogP contribution in [-0.2, 0) is 0 Å². The van der Waals surface area contributed by atoms with Crippen LogP contribution in [0.25, 0.3) is 0 Å². The second-order valence-corrected chi connectivity index (χ2v) is 2.91. The van der Waals surface area contributed by atoms with Crippen LogP contribution in [0.1, 0.15) is 33.6 Å². The van der Waals surface area contributed by atoms with Crippen LogP contribution in [0.2, 0.25) is 0 Å². The minimum absolute atomic E-state index is 1.09. The van der Waals surface area contributed by atoms with E-state index in [9.17, 15) is 0 Å². The van der Waals surface area contributed by atoms with Gasteiger partial charge in [0.05, 0.1) is 0 Å². The zero-order valence-electron chi connectivity index (χ0n) is 7.85. The Morgan fingerprint density at radius 3 is 2.64 bits per heavy atom. The Kier molecular flexibility index (Phi) is 6.90. The van der Waals surface area contributed by atoms with Crippen molar-refractivity contribution in [1.82, 2.24) is 5.32 Å². The summed E-state index contributed by atoms with van der Waals surface area (Å²) in [6.45, 7) is 7.47. The highest BCUT2D eigenvalue weighted by Crippen LogP contribution is 1.88. The molecule has 0 amide bonds. The minimum atomic E-state index is 1.09. The van der Waals surface area contributed by atoms with E-state index in [2.05, 4.69) is 32.2 Å². The summed E-state index contributed by atoms with van der Waals surface area (Å²) in [6.07, 6.45) is 8.65. The molecule has 0 aromatic rings. The van der Waals surface area contributed by atoms with Crippen molar-refractivity contribution in [2.75, 3.05) is 6.54 Å². The lowest BCUT2D eigenvalue weighted by Crippen LogP contribution is -2.05. The van der Waals surface area contributed by atoms with Gasteiger partial charge < -0.3 is 5.32 Å². The molecule has 0 aliphatic rings. The Balaban J connectivity index is 3.23. The maximum absolute atomic E-state index is 3.22. The molecule has 0 unspecified atom stereocenters. The van der Waals surface area contributed by atoms with Crippen molar-refractivity contribution >= 4 is 0 Å². The van der Waals surface area contributed by atoms with Crippen LogP contribution >= 0.6 is 0 Å². The summed E-state index contributed by atoms with van der Waals surface area (Å²) in [7, 11) is 0. The van der Waals surface area contributed by atoms with E-state index in [1.165, 1.54) is 18.4 Å². The van der Waals surface area contributed by atoms with Crippen LogP contribution < -0.4 is 5.32 Å². The topological polar surface area (TPSA) is 12.0 Å². The van der Waals surface area contributed by atoms with Gasteiger partial charge in [0.25, 0.3) is 0 Å². The monoisotopic (exact) mass is 153 g/mol. The van der Waals surface area contributed by atoms with Crippen LogP contribution in [-0.4, -0.2) is 6.54 Å². The predicted molar refractivity (Wildman–Crippen MR) is 51.5 cm³/mol. The number of allylic oxidation sites excluding steroid dienone is 3. The largest absolute Gasteiger partial charge is 0.391 e. The molecule has 64 valence electrons. The van der Waals surface area contributed by atoms with E-state index in [1.54, 1.807) is 0 Å². The Hall–Kier alpha value is -0.720. The highest BCUT2D eigenvalue weighted by atomic mass is 14.8. The van der Waals surface area contributed by atoms with Gasteiger partial charge >= 0.3 is 0 Å². The van der Waals surface area contributed by atoms with Gasteiger partial charge in [-0.2, -0.15) is 0 Å². The molecule has 0 radical (unpaired) electrons. The molecule has 0 aliphatic carbocycles. The van der Waals surface area contributed by atoms with E-state index in [0.717, 1.165) is 6.54 Å². The number of unbranched alkanes of at least 4 members (excludes halogenated alkanes) is 1. The van der Waals surface area contributed by atoms with Gasteiger partial charge in [0.15, 0.2) is 0 Å². The third-order valence-corrected chi connectivity index (χ3v) is 1.32. The molecule has 0 fully saturated rings. The first-order valence-corrected chi connectivity index (χ1v) is 4.30. The third-order valence-electron chi connectivity index (χ3n) is 1.32. The third kappa shape index (κ3) is 9.28. The van der Waals surface area contributed by atoms with Gasteiger partial charge in [0.1, 0.15) is 0 Å². The van der Waals surface area contributed by atoms with E-state index in [4.69, 9.17) is 0 Å². The Morgan fingerprint density at radius 2 is 2.09 bits per heavy atom. The zero-order chi connectivity index (χ0) is 8.53. The number of hydrogen-bond acceptors (Lipinski definition) is 1. The van der Waals surface area contributed by atoms with Gasteiger partial charge in [-0.25, -0.2) is 0 Å². The molecule has 0 atom stereocenters. The predicted octanol–water partition coefficient (Wildman–Crippen LogP) is 2.86. The Morgan fingerprint density at radius 1 is 1.36 bits per heavy atom. The first-order chi connectivity index (χ1) is 5.27. The van der Waals surface area contributed by atoms with Gasteiger partial charge in [0, 0.05) is 6.54 Å². The van der Waals surface area contributed by atoms with Crippen molar-refractivity contribution < 1.29 is 0 Å². The molecular formula is C10H19N. The first-order valence-electron chi connectivity index (χ1n) is 4.30. The lowest BCUT2D eigenvalue weighted by molar-refractivity contribution is 0.735. The van der Waals surface area contributed by atoms with Crippen LogP contribution in [0, 0.1) is 0 Å². The van der Waals surface area contributed by atoms with E-state index in [0.29, 0.717) is 0 Å². The molecule has 1 heteroatoms. The average Bonchev–Trinajstić information content (AvgIpc) is 1.96. The van der Waals surface area contributed by atoms with Gasteiger partial charge in [-0.1, -0.05) is 25.0 Å². The van der Waals surface area contributed by atoms with E-state index < -0.39 is 0 Å². The van der Waals surface area contributed by atoms with Crippen molar-refractivity contribution in [3.05, 3.63) is 23.9 Å². The molecular weight excluding hydrogens is 134 g/mol. The molecule has 0 bridgehead atoms. The molecule has 1 nitrogen and oxygen atoms in total. The van der Waals surface area contributed by atoms with Gasteiger partial charge in [-0.15, -0.1) is 0 Å². The number of rotatable bonds is 5. The summed E-state index contributed by atoms with van der Waals surface area (Å²) < 4.78 is 0. The molecule has 0 rings (SSSR count). The molecule has 0 heterocycles. The molecule has 1 N–H and O–H groups in total. The van der Waals surface area contributed by atoms with Gasteiger partial charge in [-0.05, 0) is 32.5 Å². The second-order valence-electron chi connectivity index (χ2n) is 2.91. The molecule has 0 saturated carbocycles. The summed E-state index contributed by atoms with van der Waals surface area (Å²) >= 11 is 0. The van der Waals surface area contributed by atoms with E-state index in [-0.39, 0.29) is 0 Å². The fourth-order valence-electron chi connectivity index (χ4n) is 0.671. The smallest absolute Gasteiger partial charge is 0.0141 e. The summed E-state index contributed by atoms with van der Waals surface area (Å²) in [5, 5.41) is 3.22. The van der Waals surface area contributed by atoms with Crippen LogP contribution in [0.4, 0.5) is 0 Å². The van der Waals surface area contributed by atoms with Crippen molar-refractivity contribution in [3.8, 4) is 0 Å². The Bertz CT molecular complexity index is 130. The summed E-state index contributed by atoms with van der Waals surface area (Å²) in [6, 6.07) is 0. The summed E-state index contributed by atoms with van der Waals surface area (Å²) in [4.78, 5) is 0. The quantitative estimate of drug-likeness (QED) is 0.473. The van der Waals surface area contributed by atoms with E-state index in [1.807, 2.05) is 12.3 Å². The molecule has 0 aliphatic heterocycles. The summed E-state index contributed by atoms with van der Waals surface area (Å²) in [5.41, 5.74) is 1.33. The van der Waals surface area contributed by atoms with Crippen molar-refractivity contribution in [2.45, 2.75) is 33.6 Å². The maximum Gasteiger partial charge on any atom is 0.0141 e. The Labute approximate surface area is 70.2 Å². The summed E-state index contributed by atoms with van der Waals surface area (Å²) in [5.74, 6) is 0. The fourth-order valence-corrected chi connectivity index (χ4v) is 0.671. The van der Waals surface area contributed by atoms with Crippen LogP contribution in [0.3, 0.4) is 0 Å². The van der Waals surface area contributed by atoms with Crippen molar-refractivity contribution in [1.29, 1.82) is 0 Å². The van der Waals surface area contributed by atoms with Crippen molar-refractivity contribution in [2.24, 2.45) is 0 Å². The van der Waals surface area contributed by atoms with Gasteiger partial charge in [0.2, 0.25) is 0 Å². The molecule has 0 aromatic heterocycles. The van der Waals surface area contributed by atoms with E-state index >= 15 is 0 Å². The number of nitrogens with one attached hydrogen (secondary N) is 1. The van der Waals surface area contributed by atoms with Crippen LogP contribution in [0.15, 0.2) is 23.9 Å². The second kappa shape index (κ2) is 7.39. The standard InChI is InChI=1S/C10H19N/c1-4-5-8-11-9-6-7-10(2)3/h6-7,9,11H,4-5,8H2,1-3H3/b9-6-. The average molecular weight is 153 g/mol. The number of hydrogen-bond donors (Lipinski definition) is 1. The first kappa shape index (κ1) is 10.3. The van der Waals surface area contributed by atoms with Crippen molar-refractivity contribution in [3.63, 3.8) is 0 Å². The molecule has 0 saturated heterocycles. The lowest BCUT2D eigenvalue weighted by atomic mass is 10.3. The maximum atomic E-state index is 3.22. The highest BCUT2D eigenvalue weighted by molar-refractivity contribution is 5.07. The normalized spacial score (nSPS) is 10.1. The zero-order valence-corrected chi connectivity index (χ0v) is 7.85. The molecule has 11 heavy (non-hydrogen) atoms. The SMILES string of the molecule is CCCCN/C=C\C=C(C)C. The lowest BCUT2D eigenvalue weighted by Gasteiger charge is -1.95. The molecule has 0 spiro atoms. The van der Waals surface area contributed by atoms with Crippen LogP contribution in [0.5, 0.6) is 0 Å². The highest BCUT2D eigenvalue weighted by Gasteiger charge is 1.77. The molecule has 0 aromatic carbocycles.